The molecule has 108 valence electrons. The zero-order valence-electron chi connectivity index (χ0n) is 11.8. The van der Waals surface area contributed by atoms with E-state index in [1.807, 2.05) is 13.8 Å². The largest absolute Gasteiger partial charge is 0.380 e. The Morgan fingerprint density at radius 1 is 1.53 bits per heavy atom. The third-order valence-corrected chi connectivity index (χ3v) is 3.10. The Morgan fingerprint density at radius 2 is 2.26 bits per heavy atom. The molecule has 0 radical (unpaired) electrons. The van der Waals surface area contributed by atoms with Crippen molar-refractivity contribution in [3.8, 4) is 0 Å². The summed E-state index contributed by atoms with van der Waals surface area (Å²) < 4.78 is 6.81. The molecule has 0 aromatic carbocycles. The minimum atomic E-state index is -0.246. The lowest BCUT2D eigenvalue weighted by atomic mass is 10.3. The van der Waals surface area contributed by atoms with Crippen LogP contribution >= 0.6 is 11.6 Å². The zero-order valence-corrected chi connectivity index (χ0v) is 12.5. The average Bonchev–Trinajstić information content (AvgIpc) is 2.40. The summed E-state index contributed by atoms with van der Waals surface area (Å²) >= 11 is 6.06. The second-order valence-corrected chi connectivity index (χ2v) is 4.78. The van der Waals surface area contributed by atoms with E-state index in [1.54, 1.807) is 6.20 Å². The summed E-state index contributed by atoms with van der Waals surface area (Å²) in [4.78, 5) is 12.0. The molecule has 1 aromatic heterocycles. The molecule has 1 aromatic rings. The Hall–Kier alpha value is -1.07. The van der Waals surface area contributed by atoms with Gasteiger partial charge in [0.25, 0.3) is 5.56 Å². The summed E-state index contributed by atoms with van der Waals surface area (Å²) in [6, 6.07) is 0. The number of hydrogen-bond donors (Lipinski definition) is 1. The Bertz CT molecular complexity index is 448. The first-order chi connectivity index (χ1) is 9.10. The average molecular weight is 288 g/mol. The molecule has 0 spiro atoms. The molecule has 1 N–H and O–H groups in total. The van der Waals surface area contributed by atoms with E-state index in [-0.39, 0.29) is 16.7 Å². The summed E-state index contributed by atoms with van der Waals surface area (Å²) in [7, 11) is 0. The number of nitrogens with one attached hydrogen (secondary N) is 1. The van der Waals surface area contributed by atoms with E-state index in [0.29, 0.717) is 25.4 Å². The van der Waals surface area contributed by atoms with Gasteiger partial charge in [0.2, 0.25) is 0 Å². The van der Waals surface area contributed by atoms with Gasteiger partial charge in [-0.05, 0) is 20.3 Å². The van der Waals surface area contributed by atoms with Gasteiger partial charge >= 0.3 is 0 Å². The summed E-state index contributed by atoms with van der Waals surface area (Å²) in [6.45, 7) is 7.82. The Morgan fingerprint density at radius 3 is 2.89 bits per heavy atom. The summed E-state index contributed by atoms with van der Waals surface area (Å²) in [5.41, 5.74) is 0.315. The van der Waals surface area contributed by atoms with Gasteiger partial charge in [0.1, 0.15) is 5.02 Å². The quantitative estimate of drug-likeness (QED) is 0.798. The van der Waals surface area contributed by atoms with Crippen LogP contribution in [0.5, 0.6) is 0 Å². The topological polar surface area (TPSA) is 56.1 Å². The molecule has 0 aliphatic rings. The minimum absolute atomic E-state index is 0.0589. The molecular weight excluding hydrogens is 266 g/mol. The van der Waals surface area contributed by atoms with Crippen molar-refractivity contribution in [3.05, 3.63) is 21.6 Å². The molecule has 5 nitrogen and oxygen atoms in total. The van der Waals surface area contributed by atoms with E-state index in [2.05, 4.69) is 17.3 Å². The van der Waals surface area contributed by atoms with Gasteiger partial charge in [-0.1, -0.05) is 24.9 Å². The van der Waals surface area contributed by atoms with Crippen LogP contribution in [0.1, 0.15) is 33.6 Å². The van der Waals surface area contributed by atoms with Crippen LogP contribution in [0.4, 0.5) is 5.69 Å². The van der Waals surface area contributed by atoms with E-state index >= 15 is 0 Å². The second-order valence-electron chi connectivity index (χ2n) is 4.40. The molecule has 19 heavy (non-hydrogen) atoms. The lowest BCUT2D eigenvalue weighted by Crippen LogP contribution is -2.26. The third kappa shape index (κ3) is 4.84. The van der Waals surface area contributed by atoms with Gasteiger partial charge in [0.05, 0.1) is 18.0 Å². The zero-order chi connectivity index (χ0) is 14.3. The number of halogens is 1. The molecule has 1 atom stereocenters. The van der Waals surface area contributed by atoms with Crippen LogP contribution in [0.3, 0.4) is 0 Å². The highest BCUT2D eigenvalue weighted by atomic mass is 35.5. The molecular formula is C13H22ClN3O2. The van der Waals surface area contributed by atoms with Gasteiger partial charge in [-0.15, -0.1) is 0 Å². The van der Waals surface area contributed by atoms with Crippen molar-refractivity contribution in [1.29, 1.82) is 0 Å². The molecule has 0 saturated heterocycles. The molecule has 0 aliphatic carbocycles. The van der Waals surface area contributed by atoms with Crippen LogP contribution in [0.25, 0.3) is 0 Å². The lowest BCUT2D eigenvalue weighted by Gasteiger charge is -2.14. The molecule has 0 amide bonds. The van der Waals surface area contributed by atoms with Gasteiger partial charge in [0, 0.05) is 19.7 Å². The van der Waals surface area contributed by atoms with E-state index in [0.717, 1.165) is 12.8 Å². The number of anilines is 1. The van der Waals surface area contributed by atoms with Gasteiger partial charge in [-0.3, -0.25) is 4.79 Å². The Labute approximate surface area is 118 Å². The first-order valence-electron chi connectivity index (χ1n) is 6.71. The number of unbranched alkanes of at least 4 members (excludes halogenated alkanes) is 1. The predicted molar refractivity (Wildman–Crippen MR) is 78.0 cm³/mol. The van der Waals surface area contributed by atoms with Crippen molar-refractivity contribution in [2.45, 2.75) is 46.3 Å². The van der Waals surface area contributed by atoms with Gasteiger partial charge in [0.15, 0.2) is 0 Å². The fourth-order valence-corrected chi connectivity index (χ4v) is 1.87. The van der Waals surface area contributed by atoms with E-state index < -0.39 is 0 Å². The third-order valence-electron chi connectivity index (χ3n) is 2.74. The number of hydrogen-bond acceptors (Lipinski definition) is 4. The van der Waals surface area contributed by atoms with E-state index in [1.165, 1.54) is 4.68 Å². The highest BCUT2D eigenvalue weighted by Gasteiger charge is 2.10. The first kappa shape index (κ1) is 16.0. The lowest BCUT2D eigenvalue weighted by molar-refractivity contribution is 0.0855. The minimum Gasteiger partial charge on any atom is -0.380 e. The number of aryl methyl sites for hydroxylation is 1. The molecule has 1 unspecified atom stereocenters. The summed E-state index contributed by atoms with van der Waals surface area (Å²) in [5.74, 6) is 0. The van der Waals surface area contributed by atoms with Crippen molar-refractivity contribution in [1.82, 2.24) is 9.78 Å². The first-order valence-corrected chi connectivity index (χ1v) is 7.09. The van der Waals surface area contributed by atoms with Crippen LogP contribution in [0, 0.1) is 0 Å². The van der Waals surface area contributed by atoms with Crippen LogP contribution < -0.4 is 10.9 Å². The van der Waals surface area contributed by atoms with Crippen LogP contribution in [-0.2, 0) is 11.3 Å². The van der Waals surface area contributed by atoms with Crippen LogP contribution in [0.15, 0.2) is 11.0 Å². The molecule has 1 rings (SSSR count). The fourth-order valence-electron chi connectivity index (χ4n) is 1.65. The van der Waals surface area contributed by atoms with Gasteiger partial charge in [-0.2, -0.15) is 5.10 Å². The standard InChI is InChI=1S/C13H22ClN3O2/c1-4-6-7-17-13(18)12(14)11(9-16-17)15-8-10(3)19-5-2/h9-10,15H,4-8H2,1-3H3. The molecule has 0 bridgehead atoms. The maximum absolute atomic E-state index is 12.0. The number of aromatic nitrogens is 2. The second kappa shape index (κ2) is 8.17. The van der Waals surface area contributed by atoms with Crippen molar-refractivity contribution in [2.75, 3.05) is 18.5 Å². The van der Waals surface area contributed by atoms with Crippen LogP contribution in [0.2, 0.25) is 5.02 Å². The normalized spacial score (nSPS) is 12.4. The van der Waals surface area contributed by atoms with Gasteiger partial charge in [-0.25, -0.2) is 4.68 Å². The highest BCUT2D eigenvalue weighted by molar-refractivity contribution is 6.32. The van der Waals surface area contributed by atoms with Gasteiger partial charge < -0.3 is 10.1 Å². The number of ether oxygens (including phenoxy) is 1. The fraction of sp³-hybridized carbons (Fsp3) is 0.692. The maximum atomic E-state index is 12.0. The molecule has 0 fully saturated rings. The van der Waals surface area contributed by atoms with Crippen molar-refractivity contribution in [2.24, 2.45) is 0 Å². The monoisotopic (exact) mass is 287 g/mol. The van der Waals surface area contributed by atoms with Crippen molar-refractivity contribution < 1.29 is 4.74 Å². The van der Waals surface area contributed by atoms with E-state index in [9.17, 15) is 4.79 Å². The van der Waals surface area contributed by atoms with E-state index in [4.69, 9.17) is 16.3 Å². The van der Waals surface area contributed by atoms with Crippen LogP contribution in [-0.4, -0.2) is 29.0 Å². The Balaban J connectivity index is 2.71. The maximum Gasteiger partial charge on any atom is 0.287 e. The highest BCUT2D eigenvalue weighted by Crippen LogP contribution is 2.15. The molecule has 6 heteroatoms. The molecule has 0 saturated carbocycles. The number of nitrogens with zero attached hydrogens (tertiary/aromatic N) is 2. The summed E-state index contributed by atoms with van der Waals surface area (Å²) in [5, 5.41) is 7.40. The van der Waals surface area contributed by atoms with Crippen molar-refractivity contribution >= 4 is 17.3 Å². The Kier molecular flexibility index (Phi) is 6.87. The van der Waals surface area contributed by atoms with Crippen molar-refractivity contribution in [3.63, 3.8) is 0 Å². The SMILES string of the molecule is CCCCn1ncc(NCC(C)OCC)c(Cl)c1=O. The summed E-state index contributed by atoms with van der Waals surface area (Å²) in [6.07, 6.45) is 3.58. The molecule has 0 aliphatic heterocycles. The number of rotatable bonds is 8. The molecule has 1 heterocycles. The predicted octanol–water partition coefficient (Wildman–Crippen LogP) is 2.53. The smallest absolute Gasteiger partial charge is 0.287 e.